The van der Waals surface area contributed by atoms with Crippen molar-refractivity contribution in [3.63, 3.8) is 0 Å². The average Bonchev–Trinajstić information content (AvgIpc) is 2.50. The van der Waals surface area contributed by atoms with Crippen molar-refractivity contribution in [3.8, 4) is 0 Å². The SMILES string of the molecule is CC(C)(O)Cn1ncc2sc(Br)cc2c1=O. The predicted octanol–water partition coefficient (Wildman–Crippen LogP) is 1.99. The molecule has 0 bridgehead atoms. The number of rotatable bonds is 2. The van der Waals surface area contributed by atoms with E-state index in [1.165, 1.54) is 16.0 Å². The molecule has 2 aromatic rings. The maximum absolute atomic E-state index is 12.0. The van der Waals surface area contributed by atoms with Gasteiger partial charge in [-0.25, -0.2) is 4.68 Å². The third kappa shape index (κ3) is 2.34. The number of thiophene rings is 1. The molecule has 2 aromatic heterocycles. The van der Waals surface area contributed by atoms with Crippen LogP contribution in [0.4, 0.5) is 0 Å². The van der Waals surface area contributed by atoms with E-state index in [9.17, 15) is 9.90 Å². The number of halogens is 1. The highest BCUT2D eigenvalue weighted by molar-refractivity contribution is 9.11. The molecule has 0 atom stereocenters. The molecule has 86 valence electrons. The smallest absolute Gasteiger partial charge is 0.275 e. The van der Waals surface area contributed by atoms with Crippen molar-refractivity contribution in [2.24, 2.45) is 0 Å². The van der Waals surface area contributed by atoms with Gasteiger partial charge in [0.15, 0.2) is 0 Å². The van der Waals surface area contributed by atoms with Gasteiger partial charge < -0.3 is 5.11 Å². The van der Waals surface area contributed by atoms with Crippen LogP contribution in [-0.2, 0) is 6.54 Å². The molecule has 0 saturated carbocycles. The number of aromatic nitrogens is 2. The molecule has 1 N–H and O–H groups in total. The van der Waals surface area contributed by atoms with Gasteiger partial charge in [0, 0.05) is 0 Å². The van der Waals surface area contributed by atoms with Crippen LogP contribution in [0.3, 0.4) is 0 Å². The summed E-state index contributed by atoms with van der Waals surface area (Å²) in [5, 5.41) is 14.3. The predicted molar refractivity (Wildman–Crippen MR) is 67.9 cm³/mol. The zero-order chi connectivity index (χ0) is 11.9. The monoisotopic (exact) mass is 302 g/mol. The quantitative estimate of drug-likeness (QED) is 0.923. The summed E-state index contributed by atoms with van der Waals surface area (Å²) in [6, 6.07) is 1.78. The molecule has 6 heteroatoms. The second-order valence-electron chi connectivity index (χ2n) is 4.25. The van der Waals surface area contributed by atoms with Crippen molar-refractivity contribution in [1.82, 2.24) is 9.78 Å². The summed E-state index contributed by atoms with van der Waals surface area (Å²) in [5.74, 6) is 0. The van der Waals surface area contributed by atoms with Gasteiger partial charge in [0.05, 0.1) is 32.2 Å². The summed E-state index contributed by atoms with van der Waals surface area (Å²) >= 11 is 4.81. The van der Waals surface area contributed by atoms with E-state index in [-0.39, 0.29) is 12.1 Å². The zero-order valence-electron chi connectivity index (χ0n) is 8.90. The van der Waals surface area contributed by atoms with E-state index in [2.05, 4.69) is 21.0 Å². The highest BCUT2D eigenvalue weighted by Gasteiger charge is 2.16. The number of hydrogen-bond donors (Lipinski definition) is 1. The lowest BCUT2D eigenvalue weighted by Gasteiger charge is -2.17. The van der Waals surface area contributed by atoms with Gasteiger partial charge in [0.2, 0.25) is 0 Å². The molecule has 16 heavy (non-hydrogen) atoms. The summed E-state index contributed by atoms with van der Waals surface area (Å²) in [6.45, 7) is 3.49. The topological polar surface area (TPSA) is 55.1 Å². The molecule has 0 aliphatic rings. The van der Waals surface area contributed by atoms with Gasteiger partial charge in [-0.05, 0) is 35.8 Å². The third-order valence-electron chi connectivity index (χ3n) is 2.05. The van der Waals surface area contributed by atoms with Crippen LogP contribution >= 0.6 is 27.3 Å². The van der Waals surface area contributed by atoms with Gasteiger partial charge in [-0.1, -0.05) is 0 Å². The van der Waals surface area contributed by atoms with Gasteiger partial charge in [-0.15, -0.1) is 11.3 Å². The molecule has 0 saturated heterocycles. The highest BCUT2D eigenvalue weighted by atomic mass is 79.9. The molecule has 0 aliphatic heterocycles. The number of hydrogen-bond acceptors (Lipinski definition) is 4. The summed E-state index contributed by atoms with van der Waals surface area (Å²) in [7, 11) is 0. The van der Waals surface area contributed by atoms with Crippen LogP contribution in [0.15, 0.2) is 20.8 Å². The first kappa shape index (κ1) is 11.8. The molecule has 2 rings (SSSR count). The largest absolute Gasteiger partial charge is 0.389 e. The molecule has 0 aliphatic carbocycles. The Kier molecular flexibility index (Phi) is 2.90. The van der Waals surface area contributed by atoms with Gasteiger partial charge >= 0.3 is 0 Å². The number of nitrogens with zero attached hydrogens (tertiary/aromatic N) is 2. The van der Waals surface area contributed by atoms with E-state index in [1.54, 1.807) is 26.1 Å². The molecular weight excluding hydrogens is 292 g/mol. The van der Waals surface area contributed by atoms with Crippen LogP contribution < -0.4 is 5.56 Å². The standard InChI is InChI=1S/C10H11BrN2O2S/c1-10(2,15)5-13-9(14)6-3-8(11)16-7(6)4-12-13/h3-4,15H,5H2,1-2H3. The van der Waals surface area contributed by atoms with Crippen molar-refractivity contribution >= 4 is 37.4 Å². The lowest BCUT2D eigenvalue weighted by molar-refractivity contribution is 0.0563. The Hall–Kier alpha value is -0.720. The van der Waals surface area contributed by atoms with Crippen molar-refractivity contribution < 1.29 is 5.11 Å². The normalized spacial score (nSPS) is 12.2. The van der Waals surface area contributed by atoms with Crippen molar-refractivity contribution in [1.29, 1.82) is 0 Å². The van der Waals surface area contributed by atoms with E-state index in [0.717, 1.165) is 8.49 Å². The number of fused-ring (bicyclic) bond motifs is 1. The van der Waals surface area contributed by atoms with E-state index in [4.69, 9.17) is 0 Å². The Morgan fingerprint density at radius 1 is 1.62 bits per heavy atom. The maximum atomic E-state index is 12.0. The summed E-state index contributed by atoms with van der Waals surface area (Å²) in [5.41, 5.74) is -1.11. The lowest BCUT2D eigenvalue weighted by atomic mass is 10.1. The van der Waals surface area contributed by atoms with E-state index in [1.807, 2.05) is 0 Å². The molecule has 0 radical (unpaired) electrons. The second kappa shape index (κ2) is 3.94. The fourth-order valence-electron chi connectivity index (χ4n) is 1.43. The maximum Gasteiger partial charge on any atom is 0.275 e. The van der Waals surface area contributed by atoms with Gasteiger partial charge in [-0.3, -0.25) is 4.79 Å². The van der Waals surface area contributed by atoms with Crippen LogP contribution in [0, 0.1) is 0 Å². The first-order valence-corrected chi connectivity index (χ1v) is 6.35. The van der Waals surface area contributed by atoms with Crippen LogP contribution in [0.5, 0.6) is 0 Å². The summed E-state index contributed by atoms with van der Waals surface area (Å²) in [4.78, 5) is 12.0. The fraction of sp³-hybridized carbons (Fsp3) is 0.400. The molecule has 0 unspecified atom stereocenters. The van der Waals surface area contributed by atoms with Crippen LogP contribution in [0.25, 0.3) is 10.1 Å². The molecule has 0 amide bonds. The van der Waals surface area contributed by atoms with Gasteiger partial charge in [-0.2, -0.15) is 5.10 Å². The van der Waals surface area contributed by atoms with Gasteiger partial charge in [0.25, 0.3) is 5.56 Å². The minimum Gasteiger partial charge on any atom is -0.389 e. The zero-order valence-corrected chi connectivity index (χ0v) is 11.3. The van der Waals surface area contributed by atoms with Crippen molar-refractivity contribution in [3.05, 3.63) is 26.4 Å². The van der Waals surface area contributed by atoms with Crippen molar-refractivity contribution in [2.75, 3.05) is 0 Å². The molecule has 0 spiro atoms. The van der Waals surface area contributed by atoms with Crippen molar-refractivity contribution in [2.45, 2.75) is 26.0 Å². The molecule has 4 nitrogen and oxygen atoms in total. The van der Waals surface area contributed by atoms with E-state index >= 15 is 0 Å². The second-order valence-corrected chi connectivity index (χ2v) is 6.71. The first-order valence-electron chi connectivity index (χ1n) is 4.74. The summed E-state index contributed by atoms with van der Waals surface area (Å²) < 4.78 is 3.05. The molecule has 2 heterocycles. The Bertz CT molecular complexity index is 582. The number of aliphatic hydroxyl groups is 1. The Balaban J connectivity index is 2.56. The van der Waals surface area contributed by atoms with Crippen LogP contribution in [-0.4, -0.2) is 20.5 Å². The van der Waals surface area contributed by atoms with Crippen LogP contribution in [0.1, 0.15) is 13.8 Å². The Labute approximate surface area is 105 Å². The third-order valence-corrected chi connectivity index (χ3v) is 3.62. The Morgan fingerprint density at radius 2 is 2.31 bits per heavy atom. The Morgan fingerprint density at radius 3 is 2.94 bits per heavy atom. The molecular formula is C10H11BrN2O2S. The molecule has 0 fully saturated rings. The first-order chi connectivity index (χ1) is 7.37. The van der Waals surface area contributed by atoms with Crippen LogP contribution in [0.2, 0.25) is 0 Å². The fourth-order valence-corrected chi connectivity index (χ4v) is 2.92. The molecule has 0 aromatic carbocycles. The van der Waals surface area contributed by atoms with E-state index in [0.29, 0.717) is 5.39 Å². The summed E-state index contributed by atoms with van der Waals surface area (Å²) in [6.07, 6.45) is 1.65. The average molecular weight is 303 g/mol. The minimum atomic E-state index is -0.947. The minimum absolute atomic E-state index is 0.165. The van der Waals surface area contributed by atoms with E-state index < -0.39 is 5.60 Å². The van der Waals surface area contributed by atoms with Gasteiger partial charge in [0.1, 0.15) is 0 Å². The highest BCUT2D eigenvalue weighted by Crippen LogP contribution is 2.26. The lowest BCUT2D eigenvalue weighted by Crippen LogP contribution is -2.34.